The van der Waals surface area contributed by atoms with Gasteiger partial charge in [0.15, 0.2) is 0 Å². The molecule has 44 heavy (non-hydrogen) atoms. The van der Waals surface area contributed by atoms with Crippen LogP contribution >= 0.6 is 0 Å². The number of piperazine rings is 1. The first-order valence-electron chi connectivity index (χ1n) is 15.1. The van der Waals surface area contributed by atoms with Gasteiger partial charge in [-0.1, -0.05) is 18.7 Å². The number of benzene rings is 1. The van der Waals surface area contributed by atoms with Gasteiger partial charge in [-0.05, 0) is 37.5 Å². The molecule has 0 spiro atoms. The van der Waals surface area contributed by atoms with E-state index in [0.29, 0.717) is 62.9 Å². The lowest BCUT2D eigenvalue weighted by Gasteiger charge is -2.42. The number of alkyl halides is 3. The molecule has 234 valence electrons. The molecule has 4 aliphatic rings. The number of amides is 1. The highest BCUT2D eigenvalue weighted by Crippen LogP contribution is 2.39. The molecule has 2 aromatic rings. The lowest BCUT2D eigenvalue weighted by atomic mass is 10.0. The second-order valence-corrected chi connectivity index (χ2v) is 11.7. The van der Waals surface area contributed by atoms with Crippen LogP contribution in [0.4, 0.5) is 24.7 Å². The lowest BCUT2D eigenvalue weighted by Crippen LogP contribution is -2.55. The van der Waals surface area contributed by atoms with Crippen molar-refractivity contribution in [2.75, 3.05) is 62.3 Å². The first-order chi connectivity index (χ1) is 21.2. The number of halogens is 3. The van der Waals surface area contributed by atoms with Crippen molar-refractivity contribution in [3.05, 3.63) is 53.7 Å². The van der Waals surface area contributed by atoms with Crippen LogP contribution in [0.5, 0.6) is 6.01 Å². The summed E-state index contributed by atoms with van der Waals surface area (Å²) < 4.78 is 53.4. The molecule has 13 heteroatoms. The molecule has 2 bridgehead atoms. The molecule has 3 atom stereocenters. The van der Waals surface area contributed by atoms with Gasteiger partial charge in [0.2, 0.25) is 5.91 Å². The van der Waals surface area contributed by atoms with Gasteiger partial charge >= 0.3 is 12.2 Å². The number of nitrogens with zero attached hydrogens (tertiary/aromatic N) is 7. The number of carbonyl (C=O) groups excluding carboxylic acids is 1. The maximum Gasteiger partial charge on any atom is 0.418 e. The number of nitriles is 1. The van der Waals surface area contributed by atoms with E-state index in [4.69, 9.17) is 19.4 Å². The average molecular weight is 612 g/mol. The summed E-state index contributed by atoms with van der Waals surface area (Å²) in [6, 6.07) is 8.06. The van der Waals surface area contributed by atoms with E-state index in [-0.39, 0.29) is 36.6 Å². The monoisotopic (exact) mass is 611 g/mol. The SMILES string of the molecule is C=CC(=O)N1CCN(c2nc(OCCCN3C[C@H]4C[C@@H]3CO4)nc3c2CCN(c2ccccc2C(F)(F)F)C3)CC1CC#N. The predicted octanol–water partition coefficient (Wildman–Crippen LogP) is 3.42. The van der Waals surface area contributed by atoms with E-state index >= 15 is 0 Å². The van der Waals surface area contributed by atoms with Crippen molar-refractivity contribution in [1.29, 1.82) is 5.26 Å². The number of ether oxygens (including phenoxy) is 2. The summed E-state index contributed by atoms with van der Waals surface area (Å²) in [5, 5.41) is 9.46. The summed E-state index contributed by atoms with van der Waals surface area (Å²) in [4.78, 5) is 29.8. The summed E-state index contributed by atoms with van der Waals surface area (Å²) >= 11 is 0. The van der Waals surface area contributed by atoms with E-state index < -0.39 is 11.7 Å². The first-order valence-corrected chi connectivity index (χ1v) is 15.1. The number of rotatable bonds is 9. The molecule has 5 heterocycles. The smallest absolute Gasteiger partial charge is 0.418 e. The fourth-order valence-electron chi connectivity index (χ4n) is 6.83. The predicted molar refractivity (Wildman–Crippen MR) is 156 cm³/mol. The molecular weight excluding hydrogens is 575 g/mol. The second kappa shape index (κ2) is 12.6. The topological polar surface area (TPSA) is 98.1 Å². The number of anilines is 2. The third-order valence-electron chi connectivity index (χ3n) is 8.97. The largest absolute Gasteiger partial charge is 0.463 e. The van der Waals surface area contributed by atoms with E-state index in [1.54, 1.807) is 15.9 Å². The average Bonchev–Trinajstić information content (AvgIpc) is 3.66. The number of aromatic nitrogens is 2. The van der Waals surface area contributed by atoms with Crippen molar-refractivity contribution in [3.63, 3.8) is 0 Å². The van der Waals surface area contributed by atoms with Crippen LogP contribution in [-0.4, -0.2) is 96.3 Å². The van der Waals surface area contributed by atoms with Crippen LogP contribution in [0, 0.1) is 11.3 Å². The Balaban J connectivity index is 1.25. The highest BCUT2D eigenvalue weighted by molar-refractivity contribution is 5.87. The highest BCUT2D eigenvalue weighted by atomic mass is 19.4. The number of hydrogen-bond acceptors (Lipinski definition) is 9. The quantitative estimate of drug-likeness (QED) is 0.312. The van der Waals surface area contributed by atoms with Crippen LogP contribution in [0.2, 0.25) is 0 Å². The van der Waals surface area contributed by atoms with Crippen LogP contribution in [0.3, 0.4) is 0 Å². The first kappa shape index (κ1) is 30.1. The third kappa shape index (κ3) is 6.19. The number of likely N-dealkylation sites (tertiary alicyclic amines) is 1. The Labute approximate surface area is 254 Å². The van der Waals surface area contributed by atoms with Crippen molar-refractivity contribution in [3.8, 4) is 12.1 Å². The summed E-state index contributed by atoms with van der Waals surface area (Å²) in [7, 11) is 0. The van der Waals surface area contributed by atoms with Crippen LogP contribution in [-0.2, 0) is 28.7 Å². The molecule has 0 radical (unpaired) electrons. The molecular formula is C31H36F3N7O3. The van der Waals surface area contributed by atoms with Gasteiger partial charge < -0.3 is 24.2 Å². The minimum atomic E-state index is -4.48. The maximum atomic E-state index is 13.9. The van der Waals surface area contributed by atoms with E-state index in [9.17, 15) is 23.2 Å². The van der Waals surface area contributed by atoms with E-state index in [0.717, 1.165) is 44.2 Å². The molecule has 1 unspecified atom stereocenters. The minimum absolute atomic E-state index is 0.114. The van der Waals surface area contributed by atoms with Gasteiger partial charge in [-0.2, -0.15) is 28.4 Å². The molecule has 1 amide bonds. The number of morpholine rings is 1. The van der Waals surface area contributed by atoms with Crippen molar-refractivity contribution in [2.45, 2.75) is 56.6 Å². The number of carbonyl (C=O) groups is 1. The van der Waals surface area contributed by atoms with Crippen molar-refractivity contribution in [2.24, 2.45) is 0 Å². The molecule has 0 saturated carbocycles. The van der Waals surface area contributed by atoms with Gasteiger partial charge in [-0.25, -0.2) is 0 Å². The Bertz CT molecular complexity index is 1430. The van der Waals surface area contributed by atoms with Gasteiger partial charge in [0.1, 0.15) is 5.82 Å². The highest BCUT2D eigenvalue weighted by Gasteiger charge is 2.39. The fraction of sp³-hybridized carbons (Fsp3) is 0.548. The summed E-state index contributed by atoms with van der Waals surface area (Å²) in [5.74, 6) is 0.423. The zero-order valence-corrected chi connectivity index (χ0v) is 24.5. The van der Waals surface area contributed by atoms with Crippen molar-refractivity contribution >= 4 is 17.4 Å². The van der Waals surface area contributed by atoms with Gasteiger partial charge in [0, 0.05) is 56.6 Å². The van der Waals surface area contributed by atoms with Crippen LogP contribution in [0.1, 0.15) is 36.1 Å². The number of fused-ring (bicyclic) bond motifs is 3. The van der Waals surface area contributed by atoms with Gasteiger partial charge in [-0.15, -0.1) is 0 Å². The Kier molecular flexibility index (Phi) is 8.64. The minimum Gasteiger partial charge on any atom is -0.463 e. The Morgan fingerprint density at radius 1 is 1.18 bits per heavy atom. The molecule has 4 aliphatic heterocycles. The third-order valence-corrected chi connectivity index (χ3v) is 8.97. The standard InChI is InChI=1S/C31H36F3N7O3/c1-2-28(42)41-14-13-40(17-21(41)8-10-35)29-24-9-12-39(27-7-4-3-6-25(27)31(32,33)34)19-26(24)36-30(37-29)43-15-5-11-38-18-23-16-22(38)20-44-23/h2-4,6-7,21-23H,1,5,8-9,11-20H2/t21?,22-,23-/m1/s1. The molecule has 10 nitrogen and oxygen atoms in total. The fourth-order valence-corrected chi connectivity index (χ4v) is 6.83. The van der Waals surface area contributed by atoms with Gasteiger partial charge in [0.05, 0.1) is 55.7 Å². The molecule has 1 aromatic heterocycles. The van der Waals surface area contributed by atoms with E-state index in [1.165, 1.54) is 18.2 Å². The molecule has 3 saturated heterocycles. The molecule has 1 aromatic carbocycles. The number of para-hydroxylation sites is 1. The summed E-state index contributed by atoms with van der Waals surface area (Å²) in [6.07, 6.45) is -0.469. The Morgan fingerprint density at radius 3 is 2.75 bits per heavy atom. The Morgan fingerprint density at radius 2 is 2.02 bits per heavy atom. The maximum absolute atomic E-state index is 13.9. The molecule has 3 fully saturated rings. The zero-order chi connectivity index (χ0) is 30.8. The summed E-state index contributed by atoms with van der Waals surface area (Å²) in [6.45, 7) is 8.34. The van der Waals surface area contributed by atoms with Gasteiger partial charge in [0.25, 0.3) is 0 Å². The Hall–Kier alpha value is -3.89. The normalized spacial score (nSPS) is 23.4. The van der Waals surface area contributed by atoms with Gasteiger partial charge in [-0.3, -0.25) is 9.69 Å². The van der Waals surface area contributed by atoms with E-state index in [1.807, 2.05) is 4.90 Å². The summed E-state index contributed by atoms with van der Waals surface area (Å²) in [5.41, 5.74) is 0.898. The number of hydrogen-bond donors (Lipinski definition) is 0. The second-order valence-electron chi connectivity index (χ2n) is 11.7. The van der Waals surface area contributed by atoms with Crippen molar-refractivity contribution < 1.29 is 27.4 Å². The molecule has 0 N–H and O–H groups in total. The van der Waals surface area contributed by atoms with Crippen molar-refractivity contribution in [1.82, 2.24) is 19.8 Å². The molecule has 6 rings (SSSR count). The van der Waals surface area contributed by atoms with E-state index in [2.05, 4.69) is 17.5 Å². The molecule has 0 aliphatic carbocycles. The van der Waals surface area contributed by atoms with Crippen LogP contribution in [0.25, 0.3) is 0 Å². The zero-order valence-electron chi connectivity index (χ0n) is 24.5. The lowest BCUT2D eigenvalue weighted by molar-refractivity contribution is -0.137. The van der Waals surface area contributed by atoms with Crippen LogP contribution < -0.4 is 14.5 Å². The van der Waals surface area contributed by atoms with Crippen LogP contribution in [0.15, 0.2) is 36.9 Å².